The summed E-state index contributed by atoms with van der Waals surface area (Å²) in [5, 5.41) is 4.25. The molecule has 3 nitrogen and oxygen atoms in total. The highest BCUT2D eigenvalue weighted by atomic mass is 31.2. The lowest BCUT2D eigenvalue weighted by molar-refractivity contribution is 0.315. The third-order valence-electron chi connectivity index (χ3n) is 3.13. The number of benzene rings is 2. The lowest BCUT2D eigenvalue weighted by Crippen LogP contribution is -2.09. The fourth-order valence-corrected chi connectivity index (χ4v) is 2.86. The number of rotatable bonds is 7. The minimum Gasteiger partial charge on any atom is -0.494 e. The Labute approximate surface area is 126 Å². The van der Waals surface area contributed by atoms with Crippen molar-refractivity contribution >= 4 is 18.1 Å². The Morgan fingerprint density at radius 3 is 2.52 bits per heavy atom. The second kappa shape index (κ2) is 7.33. The van der Waals surface area contributed by atoms with E-state index in [9.17, 15) is 4.57 Å². The Morgan fingerprint density at radius 1 is 1.05 bits per heavy atom. The molecule has 21 heavy (non-hydrogen) atoms. The van der Waals surface area contributed by atoms with Crippen molar-refractivity contribution in [1.82, 2.24) is 0 Å². The van der Waals surface area contributed by atoms with Crippen LogP contribution in [0.5, 0.6) is 5.75 Å². The van der Waals surface area contributed by atoms with Gasteiger partial charge < -0.3 is 14.6 Å². The summed E-state index contributed by atoms with van der Waals surface area (Å²) < 4.78 is 17.7. The third kappa shape index (κ3) is 5.28. The molecule has 0 aliphatic rings. The molecule has 112 valence electrons. The summed E-state index contributed by atoms with van der Waals surface area (Å²) in [7, 11) is -2.19. The Balaban J connectivity index is 1.75. The minimum atomic E-state index is -2.19. The van der Waals surface area contributed by atoms with Crippen molar-refractivity contribution < 1.29 is 9.30 Å². The van der Waals surface area contributed by atoms with Crippen molar-refractivity contribution in [2.75, 3.05) is 31.8 Å². The van der Waals surface area contributed by atoms with Gasteiger partial charge in [-0.3, -0.25) is 0 Å². The zero-order valence-electron chi connectivity index (χ0n) is 12.6. The van der Waals surface area contributed by atoms with E-state index in [4.69, 9.17) is 4.74 Å². The van der Waals surface area contributed by atoms with Gasteiger partial charge in [0.05, 0.1) is 6.61 Å². The standard InChI is InChI=1S/C17H22NO2P/c1-21(2,19)17-11-6-8-15(14-17)18-12-7-13-20-16-9-4-3-5-10-16/h3-6,8-11,14,18H,7,12-13H2,1-2H3. The van der Waals surface area contributed by atoms with Gasteiger partial charge in [0.15, 0.2) is 0 Å². The molecule has 0 aliphatic heterocycles. The number of ether oxygens (including phenoxy) is 1. The van der Waals surface area contributed by atoms with Gasteiger partial charge in [-0.2, -0.15) is 0 Å². The lowest BCUT2D eigenvalue weighted by Gasteiger charge is -2.11. The molecule has 2 aromatic carbocycles. The van der Waals surface area contributed by atoms with Crippen LogP contribution in [0.1, 0.15) is 6.42 Å². The summed E-state index contributed by atoms with van der Waals surface area (Å²) in [6, 6.07) is 17.6. The van der Waals surface area contributed by atoms with Crippen molar-refractivity contribution in [1.29, 1.82) is 0 Å². The van der Waals surface area contributed by atoms with Crippen LogP contribution in [0.2, 0.25) is 0 Å². The molecule has 1 N–H and O–H groups in total. The Bertz CT molecular complexity index is 607. The van der Waals surface area contributed by atoms with Gasteiger partial charge in [0.1, 0.15) is 12.9 Å². The smallest absolute Gasteiger partial charge is 0.119 e. The van der Waals surface area contributed by atoms with E-state index in [1.165, 1.54) is 0 Å². The number of hydrogen-bond donors (Lipinski definition) is 1. The molecule has 0 aromatic heterocycles. The van der Waals surface area contributed by atoms with Crippen LogP contribution in [0.15, 0.2) is 54.6 Å². The normalized spacial score (nSPS) is 11.1. The minimum absolute atomic E-state index is 0.677. The lowest BCUT2D eigenvalue weighted by atomic mass is 10.3. The molecule has 4 heteroatoms. The highest BCUT2D eigenvalue weighted by molar-refractivity contribution is 7.70. The number of para-hydroxylation sites is 1. The highest BCUT2D eigenvalue weighted by Gasteiger charge is 2.10. The van der Waals surface area contributed by atoms with E-state index in [-0.39, 0.29) is 0 Å². The Hall–Kier alpha value is -1.73. The predicted octanol–water partition coefficient (Wildman–Crippen LogP) is 3.82. The van der Waals surface area contributed by atoms with Gasteiger partial charge in [-0.25, -0.2) is 0 Å². The van der Waals surface area contributed by atoms with E-state index in [0.29, 0.717) is 6.61 Å². The van der Waals surface area contributed by atoms with Gasteiger partial charge in [-0.05, 0) is 44.0 Å². The molecule has 0 fully saturated rings. The first-order valence-corrected chi connectivity index (χ1v) is 9.73. The Kier molecular flexibility index (Phi) is 5.46. The number of hydrogen-bond acceptors (Lipinski definition) is 3. The molecule has 0 unspecified atom stereocenters. The summed E-state index contributed by atoms with van der Waals surface area (Å²) in [5.41, 5.74) is 1.01. The number of anilines is 1. The van der Waals surface area contributed by atoms with Crippen LogP contribution in [0, 0.1) is 0 Å². The zero-order valence-corrected chi connectivity index (χ0v) is 13.5. The van der Waals surface area contributed by atoms with E-state index in [0.717, 1.165) is 29.7 Å². The predicted molar refractivity (Wildman–Crippen MR) is 90.6 cm³/mol. The van der Waals surface area contributed by atoms with Gasteiger partial charge in [0.25, 0.3) is 0 Å². The zero-order chi connectivity index (χ0) is 15.1. The van der Waals surface area contributed by atoms with E-state index < -0.39 is 7.14 Å². The van der Waals surface area contributed by atoms with Gasteiger partial charge in [0, 0.05) is 17.5 Å². The quantitative estimate of drug-likeness (QED) is 0.624. The summed E-state index contributed by atoms with van der Waals surface area (Å²) in [6.45, 7) is 5.09. The van der Waals surface area contributed by atoms with Crippen molar-refractivity contribution in [2.24, 2.45) is 0 Å². The maximum atomic E-state index is 12.1. The fraction of sp³-hybridized carbons (Fsp3) is 0.294. The molecule has 2 rings (SSSR count). The van der Waals surface area contributed by atoms with Gasteiger partial charge in [0.2, 0.25) is 0 Å². The molecule has 0 saturated carbocycles. The van der Waals surface area contributed by atoms with Gasteiger partial charge in [-0.1, -0.05) is 30.3 Å². The van der Waals surface area contributed by atoms with Crippen molar-refractivity contribution in [3.8, 4) is 5.75 Å². The van der Waals surface area contributed by atoms with Gasteiger partial charge >= 0.3 is 0 Å². The van der Waals surface area contributed by atoms with E-state index in [2.05, 4.69) is 5.32 Å². The third-order valence-corrected chi connectivity index (χ3v) is 4.65. The molecule has 0 heterocycles. The van der Waals surface area contributed by atoms with Crippen LogP contribution in [0.3, 0.4) is 0 Å². The average molecular weight is 303 g/mol. The first-order valence-electron chi connectivity index (χ1n) is 7.13. The van der Waals surface area contributed by atoms with E-state index in [1.54, 1.807) is 13.3 Å². The summed E-state index contributed by atoms with van der Waals surface area (Å²) in [4.78, 5) is 0. The Morgan fingerprint density at radius 2 is 1.81 bits per heavy atom. The average Bonchev–Trinajstić information content (AvgIpc) is 2.47. The first-order chi connectivity index (χ1) is 10.1. The molecule has 0 radical (unpaired) electrons. The van der Waals surface area contributed by atoms with Crippen LogP contribution in [-0.2, 0) is 4.57 Å². The maximum Gasteiger partial charge on any atom is 0.119 e. The van der Waals surface area contributed by atoms with E-state index >= 15 is 0 Å². The van der Waals surface area contributed by atoms with Crippen molar-refractivity contribution in [3.63, 3.8) is 0 Å². The van der Waals surface area contributed by atoms with Crippen molar-refractivity contribution in [2.45, 2.75) is 6.42 Å². The molecule has 0 atom stereocenters. The van der Waals surface area contributed by atoms with Crippen LogP contribution >= 0.6 is 7.14 Å². The molecule has 0 aliphatic carbocycles. The summed E-state index contributed by atoms with van der Waals surface area (Å²) >= 11 is 0. The van der Waals surface area contributed by atoms with Crippen molar-refractivity contribution in [3.05, 3.63) is 54.6 Å². The SMILES string of the molecule is CP(C)(=O)c1cccc(NCCCOc2ccccc2)c1. The monoisotopic (exact) mass is 303 g/mol. The van der Waals surface area contributed by atoms with Crippen LogP contribution < -0.4 is 15.4 Å². The molecule has 0 saturated heterocycles. The van der Waals surface area contributed by atoms with Crippen LogP contribution in [-0.4, -0.2) is 26.5 Å². The summed E-state index contributed by atoms with van der Waals surface area (Å²) in [6.07, 6.45) is 0.912. The molecule has 0 spiro atoms. The van der Waals surface area contributed by atoms with Crippen LogP contribution in [0.4, 0.5) is 5.69 Å². The fourth-order valence-electron chi connectivity index (χ4n) is 1.96. The number of nitrogens with one attached hydrogen (secondary N) is 1. The molecular formula is C17H22NO2P. The molecule has 0 amide bonds. The van der Waals surface area contributed by atoms with E-state index in [1.807, 2.05) is 54.6 Å². The second-order valence-corrected chi connectivity index (χ2v) is 8.56. The molecular weight excluding hydrogens is 281 g/mol. The summed E-state index contributed by atoms with van der Waals surface area (Å²) in [5.74, 6) is 0.900. The topological polar surface area (TPSA) is 38.3 Å². The molecule has 0 bridgehead atoms. The maximum absolute atomic E-state index is 12.1. The highest BCUT2D eigenvalue weighted by Crippen LogP contribution is 2.35. The second-order valence-electron chi connectivity index (χ2n) is 5.34. The largest absolute Gasteiger partial charge is 0.494 e. The molecule has 2 aromatic rings. The van der Waals surface area contributed by atoms with Gasteiger partial charge in [-0.15, -0.1) is 0 Å². The first kappa shape index (κ1) is 15.7. The van der Waals surface area contributed by atoms with Crippen LogP contribution in [0.25, 0.3) is 0 Å².